The second kappa shape index (κ2) is 5.82. The first-order valence-electron chi connectivity index (χ1n) is 3.88. The summed E-state index contributed by atoms with van der Waals surface area (Å²) in [4.78, 5) is 0. The minimum Gasteiger partial charge on any atom is -0.382 e. The predicted molar refractivity (Wildman–Crippen MR) is 57.4 cm³/mol. The lowest BCUT2D eigenvalue weighted by Gasteiger charge is -1.97. The molecule has 1 heterocycles. The van der Waals surface area contributed by atoms with E-state index in [-0.39, 0.29) is 0 Å². The SMILES string of the molecule is CCOCCCc1nnc(I)s1. The number of hydrogen-bond donors (Lipinski definition) is 0. The molecule has 0 saturated heterocycles. The van der Waals surface area contributed by atoms with E-state index >= 15 is 0 Å². The Morgan fingerprint density at radius 2 is 2.33 bits per heavy atom. The first-order chi connectivity index (χ1) is 5.83. The molecular weight excluding hydrogens is 287 g/mol. The van der Waals surface area contributed by atoms with Crippen LogP contribution >= 0.6 is 33.9 Å². The van der Waals surface area contributed by atoms with E-state index in [1.165, 1.54) is 0 Å². The average molecular weight is 298 g/mol. The lowest BCUT2D eigenvalue weighted by Crippen LogP contribution is -1.95. The summed E-state index contributed by atoms with van der Waals surface area (Å²) < 4.78 is 6.23. The predicted octanol–water partition coefficient (Wildman–Crippen LogP) is 2.11. The first kappa shape index (κ1) is 10.3. The molecule has 0 unspecified atom stereocenters. The lowest BCUT2D eigenvalue weighted by molar-refractivity contribution is 0.145. The van der Waals surface area contributed by atoms with E-state index in [4.69, 9.17) is 4.74 Å². The Kier molecular flexibility index (Phi) is 5.01. The quantitative estimate of drug-likeness (QED) is 0.617. The fraction of sp³-hybridized carbons (Fsp3) is 0.714. The van der Waals surface area contributed by atoms with Crippen LogP contribution in [0.1, 0.15) is 18.4 Å². The number of hydrogen-bond acceptors (Lipinski definition) is 4. The van der Waals surface area contributed by atoms with Crippen molar-refractivity contribution in [3.8, 4) is 0 Å². The van der Waals surface area contributed by atoms with E-state index in [1.54, 1.807) is 11.3 Å². The zero-order valence-corrected chi connectivity index (χ0v) is 9.89. The third-order valence-electron chi connectivity index (χ3n) is 1.33. The van der Waals surface area contributed by atoms with Gasteiger partial charge in [0.1, 0.15) is 5.01 Å². The maximum Gasteiger partial charge on any atom is 0.178 e. The van der Waals surface area contributed by atoms with Crippen molar-refractivity contribution in [1.29, 1.82) is 0 Å². The van der Waals surface area contributed by atoms with Crippen LogP contribution in [0.4, 0.5) is 0 Å². The van der Waals surface area contributed by atoms with Gasteiger partial charge in [0.05, 0.1) is 0 Å². The van der Waals surface area contributed by atoms with Gasteiger partial charge in [0.25, 0.3) is 0 Å². The highest BCUT2D eigenvalue weighted by Crippen LogP contribution is 2.12. The van der Waals surface area contributed by atoms with Crippen molar-refractivity contribution in [1.82, 2.24) is 10.2 Å². The van der Waals surface area contributed by atoms with Gasteiger partial charge in [-0.05, 0) is 35.9 Å². The third-order valence-corrected chi connectivity index (χ3v) is 2.97. The van der Waals surface area contributed by atoms with E-state index < -0.39 is 0 Å². The van der Waals surface area contributed by atoms with Crippen LogP contribution in [0.25, 0.3) is 0 Å². The molecule has 0 radical (unpaired) electrons. The summed E-state index contributed by atoms with van der Waals surface area (Å²) in [5, 5.41) is 9.06. The second-order valence-corrected chi connectivity index (χ2v) is 5.07. The van der Waals surface area contributed by atoms with Gasteiger partial charge in [0.2, 0.25) is 0 Å². The van der Waals surface area contributed by atoms with Crippen LogP contribution < -0.4 is 0 Å². The fourth-order valence-corrected chi connectivity index (χ4v) is 2.28. The van der Waals surface area contributed by atoms with E-state index in [2.05, 4.69) is 32.8 Å². The smallest absolute Gasteiger partial charge is 0.178 e. The first-order valence-corrected chi connectivity index (χ1v) is 5.78. The van der Waals surface area contributed by atoms with Crippen LogP contribution in [0.15, 0.2) is 0 Å². The summed E-state index contributed by atoms with van der Waals surface area (Å²) in [5.41, 5.74) is 0. The highest BCUT2D eigenvalue weighted by atomic mass is 127. The summed E-state index contributed by atoms with van der Waals surface area (Å²) in [5.74, 6) is 0. The number of aryl methyl sites for hydroxylation is 1. The van der Waals surface area contributed by atoms with Crippen LogP contribution in [-0.4, -0.2) is 23.4 Å². The number of aromatic nitrogens is 2. The summed E-state index contributed by atoms with van der Waals surface area (Å²) >= 11 is 3.84. The van der Waals surface area contributed by atoms with Gasteiger partial charge >= 0.3 is 0 Å². The monoisotopic (exact) mass is 298 g/mol. The van der Waals surface area contributed by atoms with Crippen LogP contribution in [0.2, 0.25) is 0 Å². The molecule has 1 aromatic heterocycles. The molecule has 1 rings (SSSR count). The van der Waals surface area contributed by atoms with Gasteiger partial charge in [0, 0.05) is 19.6 Å². The highest BCUT2D eigenvalue weighted by molar-refractivity contribution is 14.1. The highest BCUT2D eigenvalue weighted by Gasteiger charge is 1.99. The maximum atomic E-state index is 5.22. The molecule has 1 aromatic rings. The largest absolute Gasteiger partial charge is 0.382 e. The molecule has 0 N–H and O–H groups in total. The molecule has 3 nitrogen and oxygen atoms in total. The van der Waals surface area contributed by atoms with Gasteiger partial charge in [-0.15, -0.1) is 10.2 Å². The molecule has 0 bridgehead atoms. The fourth-order valence-electron chi connectivity index (χ4n) is 0.804. The standard InChI is InChI=1S/C7H11IN2OS/c1-2-11-5-3-4-6-9-10-7(8)12-6/h2-5H2,1H3. The number of ether oxygens (including phenoxy) is 1. The summed E-state index contributed by atoms with van der Waals surface area (Å²) in [7, 11) is 0. The molecule has 12 heavy (non-hydrogen) atoms. The van der Waals surface area contributed by atoms with E-state index in [1.807, 2.05) is 6.92 Å². The van der Waals surface area contributed by atoms with Gasteiger partial charge in [-0.25, -0.2) is 0 Å². The van der Waals surface area contributed by atoms with Gasteiger partial charge in [-0.2, -0.15) is 0 Å². The van der Waals surface area contributed by atoms with Crippen molar-refractivity contribution in [2.24, 2.45) is 0 Å². The molecule has 0 amide bonds. The minimum absolute atomic E-state index is 0.799. The average Bonchev–Trinajstić information content (AvgIpc) is 2.45. The summed E-state index contributed by atoms with van der Waals surface area (Å²) in [6.07, 6.45) is 2.03. The molecule has 0 aliphatic rings. The second-order valence-electron chi connectivity index (χ2n) is 2.25. The van der Waals surface area contributed by atoms with Crippen molar-refractivity contribution in [2.45, 2.75) is 19.8 Å². The van der Waals surface area contributed by atoms with Crippen LogP contribution in [0.5, 0.6) is 0 Å². The summed E-state index contributed by atoms with van der Waals surface area (Å²) in [6, 6.07) is 0. The van der Waals surface area contributed by atoms with Crippen molar-refractivity contribution in [3.05, 3.63) is 8.02 Å². The number of rotatable bonds is 5. The molecule has 0 aliphatic heterocycles. The Labute approximate surface area is 89.7 Å². The Bertz CT molecular complexity index is 229. The van der Waals surface area contributed by atoms with Gasteiger partial charge in [0.15, 0.2) is 3.01 Å². The minimum atomic E-state index is 0.799. The molecular formula is C7H11IN2OS. The molecule has 5 heteroatoms. The third kappa shape index (κ3) is 3.77. The van der Waals surface area contributed by atoms with Crippen molar-refractivity contribution >= 4 is 33.9 Å². The van der Waals surface area contributed by atoms with Gasteiger partial charge < -0.3 is 4.74 Å². The van der Waals surface area contributed by atoms with Crippen LogP contribution in [0.3, 0.4) is 0 Å². The van der Waals surface area contributed by atoms with E-state index in [0.717, 1.165) is 34.1 Å². The lowest BCUT2D eigenvalue weighted by atomic mass is 10.3. The van der Waals surface area contributed by atoms with Crippen LogP contribution in [0, 0.1) is 3.01 Å². The van der Waals surface area contributed by atoms with Crippen molar-refractivity contribution in [3.63, 3.8) is 0 Å². The molecule has 0 aromatic carbocycles. The molecule has 0 saturated carbocycles. The Morgan fingerprint density at radius 3 is 2.92 bits per heavy atom. The molecule has 68 valence electrons. The Hall–Kier alpha value is 0.250. The molecule has 0 aliphatic carbocycles. The van der Waals surface area contributed by atoms with Gasteiger partial charge in [-0.3, -0.25) is 0 Å². The Balaban J connectivity index is 2.15. The van der Waals surface area contributed by atoms with Crippen molar-refractivity contribution < 1.29 is 4.74 Å². The zero-order valence-electron chi connectivity index (χ0n) is 6.92. The molecule has 0 atom stereocenters. The zero-order chi connectivity index (χ0) is 8.81. The number of nitrogens with zero attached hydrogens (tertiary/aromatic N) is 2. The maximum absolute atomic E-state index is 5.22. The normalized spacial score (nSPS) is 10.5. The molecule has 0 spiro atoms. The topological polar surface area (TPSA) is 35.0 Å². The van der Waals surface area contributed by atoms with Crippen LogP contribution in [-0.2, 0) is 11.2 Å². The summed E-state index contributed by atoms with van der Waals surface area (Å²) in [6.45, 7) is 3.63. The van der Waals surface area contributed by atoms with Crippen molar-refractivity contribution in [2.75, 3.05) is 13.2 Å². The van der Waals surface area contributed by atoms with E-state index in [9.17, 15) is 0 Å². The van der Waals surface area contributed by atoms with Gasteiger partial charge in [-0.1, -0.05) is 11.3 Å². The molecule has 0 fully saturated rings. The van der Waals surface area contributed by atoms with E-state index in [0.29, 0.717) is 0 Å². The Morgan fingerprint density at radius 1 is 1.50 bits per heavy atom. The number of halogens is 1.